The third-order valence-corrected chi connectivity index (χ3v) is 6.49. The van der Waals surface area contributed by atoms with Crippen molar-refractivity contribution in [2.45, 2.75) is 99.0 Å². The van der Waals surface area contributed by atoms with E-state index in [9.17, 15) is 55.9 Å². The molecule has 17 heteroatoms. The molecular weight excluding hydrogens is 510 g/mol. The van der Waals surface area contributed by atoms with Crippen molar-refractivity contribution >= 4 is 5.91 Å². The minimum atomic E-state index is -1.87. The van der Waals surface area contributed by atoms with Crippen molar-refractivity contribution in [2.75, 3.05) is 19.8 Å². The molecule has 216 valence electrons. The lowest BCUT2D eigenvalue weighted by molar-refractivity contribution is -0.365. The molecule has 0 radical (unpaired) electrons. The molecule has 0 spiro atoms. The van der Waals surface area contributed by atoms with Gasteiger partial charge >= 0.3 is 0 Å². The molecule has 1 unspecified atom stereocenters. The fraction of sp³-hybridized carbons (Fsp3) is 0.950. The highest BCUT2D eigenvalue weighted by atomic mass is 16.7. The predicted octanol–water partition coefficient (Wildman–Crippen LogP) is -7.43. The molecule has 37 heavy (non-hydrogen) atoms. The topological polar surface area (TPSA) is 278 Å². The van der Waals surface area contributed by atoms with Crippen LogP contribution in [0.15, 0.2) is 0 Å². The number of carbonyl (C=O) groups is 1. The molecule has 0 aromatic carbocycles. The SMILES string of the molecule is CC(=O)N[C@H]1[C@H](O[C@H]2[C@@H](O)[C@@H](CO)OC(O)[C@@H]2O)O[C@H](CO)[C@@H](O[C@@H]2O[C@H](CO)[C@H](O)[C@H](O)[C@H]2O)[C@@H]1O. The first-order chi connectivity index (χ1) is 17.4. The molecule has 3 aliphatic rings. The zero-order valence-corrected chi connectivity index (χ0v) is 19.7. The number of hydrogen-bond acceptors (Lipinski definition) is 16. The molecule has 15 atom stereocenters. The smallest absolute Gasteiger partial charge is 0.217 e. The second-order valence-electron chi connectivity index (χ2n) is 9.07. The summed E-state index contributed by atoms with van der Waals surface area (Å²) in [6, 6.07) is -1.48. The number of carbonyl (C=O) groups excluding carboxylic acids is 1. The second-order valence-corrected chi connectivity index (χ2v) is 9.07. The van der Waals surface area contributed by atoms with Crippen molar-refractivity contribution in [2.24, 2.45) is 0 Å². The fourth-order valence-electron chi connectivity index (χ4n) is 4.46. The minimum absolute atomic E-state index is 0.684. The Hall–Kier alpha value is -1.13. The van der Waals surface area contributed by atoms with Crippen LogP contribution in [0.2, 0.25) is 0 Å². The van der Waals surface area contributed by atoms with Gasteiger partial charge in [0.05, 0.1) is 19.8 Å². The number of rotatable bonds is 8. The Kier molecular flexibility index (Phi) is 10.5. The Bertz CT molecular complexity index is 745. The Morgan fingerprint density at radius 1 is 0.649 bits per heavy atom. The highest BCUT2D eigenvalue weighted by molar-refractivity contribution is 5.73. The molecule has 17 nitrogen and oxygen atoms in total. The van der Waals surface area contributed by atoms with Crippen LogP contribution in [0.1, 0.15) is 6.92 Å². The summed E-state index contributed by atoms with van der Waals surface area (Å²) in [5, 5.41) is 103. The van der Waals surface area contributed by atoms with E-state index < -0.39 is 118 Å². The summed E-state index contributed by atoms with van der Waals surface area (Å²) in [5.74, 6) is -0.684. The van der Waals surface area contributed by atoms with E-state index in [0.717, 1.165) is 6.92 Å². The van der Waals surface area contributed by atoms with E-state index in [0.29, 0.717) is 0 Å². The molecular formula is C20H35NO16. The van der Waals surface area contributed by atoms with Gasteiger partial charge in [0.15, 0.2) is 18.9 Å². The molecule has 0 saturated carbocycles. The Balaban J connectivity index is 1.83. The normalized spacial score (nSPS) is 49.0. The molecule has 3 fully saturated rings. The predicted molar refractivity (Wildman–Crippen MR) is 113 cm³/mol. The summed E-state index contributed by atoms with van der Waals surface area (Å²) in [4.78, 5) is 11.9. The van der Waals surface area contributed by atoms with Gasteiger partial charge in [0, 0.05) is 6.92 Å². The quantitative estimate of drug-likeness (QED) is 0.135. The lowest BCUT2D eigenvalue weighted by atomic mass is 9.94. The molecule has 0 aromatic rings. The third kappa shape index (κ3) is 6.38. The van der Waals surface area contributed by atoms with E-state index in [1.54, 1.807) is 0 Å². The Morgan fingerprint density at radius 3 is 1.76 bits per heavy atom. The maximum atomic E-state index is 11.9. The van der Waals surface area contributed by atoms with Gasteiger partial charge in [0.1, 0.15) is 73.2 Å². The molecule has 0 bridgehead atoms. The van der Waals surface area contributed by atoms with E-state index in [2.05, 4.69) is 5.32 Å². The zero-order valence-electron chi connectivity index (χ0n) is 19.7. The maximum Gasteiger partial charge on any atom is 0.217 e. The number of aliphatic hydroxyl groups excluding tert-OH is 10. The molecule has 0 aliphatic carbocycles. The minimum Gasteiger partial charge on any atom is -0.394 e. The van der Waals surface area contributed by atoms with Crippen LogP contribution in [-0.2, 0) is 28.5 Å². The summed E-state index contributed by atoms with van der Waals surface area (Å²) in [6.45, 7) is -1.23. The lowest BCUT2D eigenvalue weighted by Crippen LogP contribution is -2.69. The monoisotopic (exact) mass is 545 g/mol. The molecule has 3 aliphatic heterocycles. The average Bonchev–Trinajstić information content (AvgIpc) is 2.87. The number of nitrogens with one attached hydrogen (secondary N) is 1. The zero-order chi connectivity index (χ0) is 27.6. The van der Waals surface area contributed by atoms with Crippen LogP contribution in [0.25, 0.3) is 0 Å². The van der Waals surface area contributed by atoms with Crippen molar-refractivity contribution in [3.63, 3.8) is 0 Å². The van der Waals surface area contributed by atoms with Crippen molar-refractivity contribution in [1.29, 1.82) is 0 Å². The molecule has 3 saturated heterocycles. The Morgan fingerprint density at radius 2 is 1.19 bits per heavy atom. The highest BCUT2D eigenvalue weighted by Crippen LogP contribution is 2.32. The van der Waals surface area contributed by atoms with Gasteiger partial charge in [-0.2, -0.15) is 0 Å². The standard InChI is InChI=1S/C20H35NO16/c1-5(25)21-9-12(28)16(36-20-14(30)13(29)10(26)6(2-22)34-20)8(4-24)35-19(9)37-17-11(27)7(3-23)33-18(32)15(17)31/h6-20,22-24,26-32H,2-4H2,1H3,(H,21,25)/t6-,7-,8-,9-,10+,11+,12-,13+,14-,15-,16-,17+,18?,19+,20+/m1/s1. The molecule has 3 heterocycles. The summed E-state index contributed by atoms with van der Waals surface area (Å²) in [7, 11) is 0. The summed E-state index contributed by atoms with van der Waals surface area (Å²) in [5.41, 5.74) is 0. The highest BCUT2D eigenvalue weighted by Gasteiger charge is 2.53. The molecule has 1 amide bonds. The third-order valence-electron chi connectivity index (χ3n) is 6.49. The summed E-state index contributed by atoms with van der Waals surface area (Å²) < 4.78 is 27.0. The molecule has 0 aromatic heterocycles. The number of hydrogen-bond donors (Lipinski definition) is 11. The van der Waals surface area contributed by atoms with Gasteiger partial charge in [0.2, 0.25) is 5.91 Å². The van der Waals surface area contributed by atoms with Gasteiger partial charge < -0.3 is 80.1 Å². The first kappa shape index (κ1) is 30.4. The van der Waals surface area contributed by atoms with Crippen LogP contribution >= 0.6 is 0 Å². The van der Waals surface area contributed by atoms with Crippen LogP contribution in [0.4, 0.5) is 0 Å². The Labute approximate surface area is 210 Å². The summed E-state index contributed by atoms with van der Waals surface area (Å²) in [6.07, 6.45) is -23.2. The van der Waals surface area contributed by atoms with Crippen molar-refractivity contribution in [1.82, 2.24) is 5.32 Å². The molecule has 11 N–H and O–H groups in total. The van der Waals surface area contributed by atoms with Crippen LogP contribution in [0, 0.1) is 0 Å². The average molecular weight is 545 g/mol. The van der Waals surface area contributed by atoms with Gasteiger partial charge in [-0.15, -0.1) is 0 Å². The van der Waals surface area contributed by atoms with Gasteiger partial charge in [0.25, 0.3) is 0 Å². The van der Waals surface area contributed by atoms with Gasteiger partial charge in [-0.3, -0.25) is 4.79 Å². The van der Waals surface area contributed by atoms with E-state index in [4.69, 9.17) is 23.7 Å². The lowest BCUT2D eigenvalue weighted by Gasteiger charge is -2.49. The van der Waals surface area contributed by atoms with Crippen LogP contribution in [0.3, 0.4) is 0 Å². The number of aliphatic hydroxyl groups is 10. The van der Waals surface area contributed by atoms with E-state index in [-0.39, 0.29) is 0 Å². The van der Waals surface area contributed by atoms with Crippen LogP contribution in [0.5, 0.6) is 0 Å². The van der Waals surface area contributed by atoms with Crippen molar-refractivity contribution in [3.8, 4) is 0 Å². The van der Waals surface area contributed by atoms with E-state index in [1.165, 1.54) is 0 Å². The summed E-state index contributed by atoms with van der Waals surface area (Å²) >= 11 is 0. The first-order valence-electron chi connectivity index (χ1n) is 11.6. The van der Waals surface area contributed by atoms with E-state index >= 15 is 0 Å². The maximum absolute atomic E-state index is 11.9. The van der Waals surface area contributed by atoms with Gasteiger partial charge in [-0.05, 0) is 0 Å². The fourth-order valence-corrected chi connectivity index (χ4v) is 4.46. The van der Waals surface area contributed by atoms with Crippen LogP contribution in [-0.4, -0.2) is 169 Å². The largest absolute Gasteiger partial charge is 0.394 e. The van der Waals surface area contributed by atoms with E-state index in [1.807, 2.05) is 0 Å². The molecule has 3 rings (SSSR count). The van der Waals surface area contributed by atoms with Gasteiger partial charge in [-0.25, -0.2) is 0 Å². The van der Waals surface area contributed by atoms with Crippen molar-refractivity contribution < 1.29 is 79.5 Å². The van der Waals surface area contributed by atoms with Gasteiger partial charge in [-0.1, -0.05) is 0 Å². The van der Waals surface area contributed by atoms with Crippen molar-refractivity contribution in [3.05, 3.63) is 0 Å². The number of ether oxygens (including phenoxy) is 5. The second kappa shape index (κ2) is 12.8. The number of amides is 1. The first-order valence-corrected chi connectivity index (χ1v) is 11.6. The van der Waals surface area contributed by atoms with Crippen LogP contribution < -0.4 is 5.32 Å².